The third kappa shape index (κ3) is 2.69. The van der Waals surface area contributed by atoms with E-state index in [1.54, 1.807) is 12.1 Å². The maximum absolute atomic E-state index is 12.5. The number of benzene rings is 1. The number of allylic oxidation sites excluding steroid dienone is 2. The lowest BCUT2D eigenvalue weighted by atomic mass is 9.85. The van der Waals surface area contributed by atoms with Crippen LogP contribution in [0.4, 0.5) is 5.69 Å². The maximum atomic E-state index is 12.5. The summed E-state index contributed by atoms with van der Waals surface area (Å²) >= 11 is 0. The van der Waals surface area contributed by atoms with Crippen molar-refractivity contribution < 1.29 is 23.9 Å². The molecular formula is C19H18N2O5. The van der Waals surface area contributed by atoms with E-state index in [0.29, 0.717) is 5.69 Å². The summed E-state index contributed by atoms with van der Waals surface area (Å²) in [5, 5.41) is 2.61. The number of hydrogen-bond donors (Lipinski definition) is 1. The molecule has 2 fully saturated rings. The molecule has 1 aromatic rings. The van der Waals surface area contributed by atoms with E-state index in [2.05, 4.69) is 5.32 Å². The second-order valence-electron chi connectivity index (χ2n) is 6.94. The number of amides is 3. The molecule has 2 aliphatic carbocycles. The molecule has 4 unspecified atom stereocenters. The summed E-state index contributed by atoms with van der Waals surface area (Å²) in [7, 11) is 0. The summed E-state index contributed by atoms with van der Waals surface area (Å²) in [5.74, 6) is -1.53. The highest BCUT2D eigenvalue weighted by Crippen LogP contribution is 2.52. The van der Waals surface area contributed by atoms with E-state index in [0.717, 1.165) is 11.3 Å². The molecule has 0 spiro atoms. The standard InChI is InChI=1S/C19H18N2O5/c1-10(22)20-13-4-6-14(7-5-13)26-15(23)9-21-18(24)16-11-2-3-12(8-11)17(16)19(21)25/h2-7,11-12,16-17H,8-9H2,1H3,(H,20,22). The third-order valence-corrected chi connectivity index (χ3v) is 5.26. The first-order chi connectivity index (χ1) is 12.4. The van der Waals surface area contributed by atoms with E-state index in [-0.39, 0.29) is 53.7 Å². The fourth-order valence-corrected chi connectivity index (χ4v) is 4.22. The van der Waals surface area contributed by atoms with Crippen LogP contribution < -0.4 is 10.1 Å². The molecule has 1 heterocycles. The molecule has 0 aromatic heterocycles. The van der Waals surface area contributed by atoms with Crippen molar-refractivity contribution in [1.29, 1.82) is 0 Å². The van der Waals surface area contributed by atoms with E-state index in [1.165, 1.54) is 19.1 Å². The molecule has 1 N–H and O–H groups in total. The average Bonchev–Trinajstić information content (AvgIpc) is 3.26. The molecule has 7 heteroatoms. The van der Waals surface area contributed by atoms with Crippen molar-refractivity contribution in [3.8, 4) is 5.75 Å². The fraction of sp³-hybridized carbons (Fsp3) is 0.368. The molecule has 7 nitrogen and oxygen atoms in total. The highest BCUT2D eigenvalue weighted by Gasteiger charge is 2.59. The number of imide groups is 1. The Hall–Kier alpha value is -2.96. The van der Waals surface area contributed by atoms with Gasteiger partial charge in [0.2, 0.25) is 17.7 Å². The van der Waals surface area contributed by atoms with Crippen LogP contribution in [0.5, 0.6) is 5.75 Å². The van der Waals surface area contributed by atoms with E-state index in [4.69, 9.17) is 4.74 Å². The summed E-state index contributed by atoms with van der Waals surface area (Å²) in [4.78, 5) is 49.3. The van der Waals surface area contributed by atoms with Crippen LogP contribution in [-0.2, 0) is 19.2 Å². The summed E-state index contributed by atoms with van der Waals surface area (Å²) < 4.78 is 5.21. The van der Waals surface area contributed by atoms with E-state index >= 15 is 0 Å². The number of rotatable bonds is 4. The van der Waals surface area contributed by atoms with Crippen LogP contribution in [0.3, 0.4) is 0 Å². The minimum absolute atomic E-state index is 0.115. The normalized spacial score (nSPS) is 28.4. The van der Waals surface area contributed by atoms with Gasteiger partial charge in [-0.2, -0.15) is 0 Å². The lowest BCUT2D eigenvalue weighted by molar-refractivity contribution is -0.148. The van der Waals surface area contributed by atoms with Gasteiger partial charge < -0.3 is 10.1 Å². The zero-order chi connectivity index (χ0) is 18.4. The second kappa shape index (κ2) is 6.09. The van der Waals surface area contributed by atoms with Crippen molar-refractivity contribution in [3.63, 3.8) is 0 Å². The Labute approximate surface area is 150 Å². The number of anilines is 1. The Morgan fingerprint density at radius 2 is 1.65 bits per heavy atom. The van der Waals surface area contributed by atoms with Crippen molar-refractivity contribution in [3.05, 3.63) is 36.4 Å². The topological polar surface area (TPSA) is 92.8 Å². The molecule has 3 amide bonds. The number of carbonyl (C=O) groups is 4. The van der Waals surface area contributed by atoms with Crippen LogP contribution in [0.2, 0.25) is 0 Å². The highest BCUT2D eigenvalue weighted by molar-refractivity contribution is 6.08. The predicted molar refractivity (Wildman–Crippen MR) is 90.8 cm³/mol. The van der Waals surface area contributed by atoms with Crippen LogP contribution in [0.15, 0.2) is 36.4 Å². The van der Waals surface area contributed by atoms with E-state index in [1.807, 2.05) is 12.2 Å². The number of nitrogens with one attached hydrogen (secondary N) is 1. The van der Waals surface area contributed by atoms with E-state index in [9.17, 15) is 19.2 Å². The molecule has 134 valence electrons. The SMILES string of the molecule is CC(=O)Nc1ccc(OC(=O)CN2C(=O)C3C4C=CC(C4)C3C2=O)cc1. The van der Waals surface area contributed by atoms with Crippen LogP contribution in [0.1, 0.15) is 13.3 Å². The van der Waals surface area contributed by atoms with Gasteiger partial charge in [-0.3, -0.25) is 19.3 Å². The number of esters is 1. The van der Waals surface area contributed by atoms with Gasteiger partial charge in [0.25, 0.3) is 0 Å². The van der Waals surface area contributed by atoms with Gasteiger partial charge >= 0.3 is 5.97 Å². The summed E-state index contributed by atoms with van der Waals surface area (Å²) in [6.07, 6.45) is 4.87. The summed E-state index contributed by atoms with van der Waals surface area (Å²) in [5.41, 5.74) is 0.581. The highest BCUT2D eigenvalue weighted by atomic mass is 16.5. The minimum atomic E-state index is -0.667. The summed E-state index contributed by atoms with van der Waals surface area (Å²) in [6.45, 7) is 1.02. The van der Waals surface area contributed by atoms with Crippen molar-refractivity contribution in [1.82, 2.24) is 4.90 Å². The fourth-order valence-electron chi connectivity index (χ4n) is 4.22. The number of hydrogen-bond acceptors (Lipinski definition) is 5. The smallest absolute Gasteiger partial charge is 0.331 e. The van der Waals surface area contributed by atoms with Crippen molar-refractivity contribution in [2.45, 2.75) is 13.3 Å². The Bertz CT molecular complexity index is 799. The predicted octanol–water partition coefficient (Wildman–Crippen LogP) is 1.36. The Balaban J connectivity index is 1.39. The Morgan fingerprint density at radius 1 is 1.08 bits per heavy atom. The number of fused-ring (bicyclic) bond motifs is 5. The molecule has 1 saturated heterocycles. The van der Waals surface area contributed by atoms with Crippen LogP contribution in [0, 0.1) is 23.7 Å². The van der Waals surface area contributed by atoms with Gasteiger partial charge in [-0.15, -0.1) is 0 Å². The maximum Gasteiger partial charge on any atom is 0.331 e. The van der Waals surface area contributed by atoms with Crippen molar-refractivity contribution >= 4 is 29.4 Å². The number of nitrogens with zero attached hydrogens (tertiary/aromatic N) is 1. The van der Waals surface area contributed by atoms with Crippen LogP contribution in [-0.4, -0.2) is 35.1 Å². The first kappa shape index (κ1) is 16.5. The Kier molecular flexibility index (Phi) is 3.86. The lowest BCUT2D eigenvalue weighted by Gasteiger charge is -2.16. The van der Waals surface area contributed by atoms with Crippen molar-refractivity contribution in [2.24, 2.45) is 23.7 Å². The lowest BCUT2D eigenvalue weighted by Crippen LogP contribution is -2.38. The van der Waals surface area contributed by atoms with Gasteiger partial charge in [0.15, 0.2) is 0 Å². The van der Waals surface area contributed by atoms with E-state index < -0.39 is 5.97 Å². The first-order valence-electron chi connectivity index (χ1n) is 8.56. The molecule has 1 aliphatic heterocycles. The molecule has 4 rings (SSSR count). The largest absolute Gasteiger partial charge is 0.425 e. The third-order valence-electron chi connectivity index (χ3n) is 5.26. The summed E-state index contributed by atoms with van der Waals surface area (Å²) in [6, 6.07) is 6.28. The van der Waals surface area contributed by atoms with Crippen LogP contribution >= 0.6 is 0 Å². The zero-order valence-electron chi connectivity index (χ0n) is 14.2. The molecular weight excluding hydrogens is 336 g/mol. The van der Waals surface area contributed by atoms with Gasteiger partial charge in [-0.25, -0.2) is 4.79 Å². The second-order valence-corrected chi connectivity index (χ2v) is 6.94. The minimum Gasteiger partial charge on any atom is -0.425 e. The van der Waals surface area contributed by atoms with Crippen molar-refractivity contribution in [2.75, 3.05) is 11.9 Å². The van der Waals surface area contributed by atoms with Gasteiger partial charge in [-0.05, 0) is 42.5 Å². The quantitative estimate of drug-likeness (QED) is 0.381. The van der Waals surface area contributed by atoms with Gasteiger partial charge in [0.1, 0.15) is 12.3 Å². The van der Waals surface area contributed by atoms with Gasteiger partial charge in [-0.1, -0.05) is 12.2 Å². The average molecular weight is 354 g/mol. The number of likely N-dealkylation sites (tertiary alicyclic amines) is 1. The number of carbonyl (C=O) groups excluding carboxylic acids is 4. The first-order valence-corrected chi connectivity index (χ1v) is 8.56. The van der Waals surface area contributed by atoms with Gasteiger partial charge in [0, 0.05) is 12.6 Å². The molecule has 1 saturated carbocycles. The molecule has 0 radical (unpaired) electrons. The molecule has 1 aromatic carbocycles. The molecule has 26 heavy (non-hydrogen) atoms. The zero-order valence-corrected chi connectivity index (χ0v) is 14.2. The number of ether oxygens (including phenoxy) is 1. The van der Waals surface area contributed by atoms with Crippen LogP contribution in [0.25, 0.3) is 0 Å². The molecule has 2 bridgehead atoms. The Morgan fingerprint density at radius 3 is 2.19 bits per heavy atom. The molecule has 3 aliphatic rings. The molecule has 4 atom stereocenters. The monoisotopic (exact) mass is 354 g/mol. The van der Waals surface area contributed by atoms with Gasteiger partial charge in [0.05, 0.1) is 11.8 Å².